The van der Waals surface area contributed by atoms with Crippen molar-refractivity contribution >= 4 is 5.69 Å². The smallest absolute Gasteiger partial charge is 0.0933 e. The van der Waals surface area contributed by atoms with Gasteiger partial charge in [-0.15, -0.1) is 0 Å². The van der Waals surface area contributed by atoms with E-state index in [0.717, 1.165) is 37.4 Å². The maximum Gasteiger partial charge on any atom is 0.0933 e. The fourth-order valence-electron chi connectivity index (χ4n) is 2.39. The van der Waals surface area contributed by atoms with Crippen LogP contribution in [0, 0.1) is 0 Å². The number of hydroxylamine groups is 1. The van der Waals surface area contributed by atoms with E-state index in [9.17, 15) is 0 Å². The van der Waals surface area contributed by atoms with Crippen molar-refractivity contribution in [1.82, 2.24) is 10.5 Å². The maximum absolute atomic E-state index is 5.50. The molecule has 1 aromatic heterocycles. The van der Waals surface area contributed by atoms with Crippen molar-refractivity contribution in [3.8, 4) is 0 Å². The monoisotopic (exact) mass is 299 g/mol. The summed E-state index contributed by atoms with van der Waals surface area (Å²) in [6, 6.07) is 12.4. The molecule has 22 heavy (non-hydrogen) atoms. The molecule has 0 unspecified atom stereocenters. The van der Waals surface area contributed by atoms with Gasteiger partial charge >= 0.3 is 0 Å². The molecule has 2 aromatic rings. The van der Waals surface area contributed by atoms with Gasteiger partial charge in [0.05, 0.1) is 19.8 Å². The second-order valence-electron chi connectivity index (χ2n) is 5.23. The minimum Gasteiger partial charge on any atom is -0.378 e. The number of pyridine rings is 1. The van der Waals surface area contributed by atoms with Crippen LogP contribution in [0.1, 0.15) is 11.1 Å². The first kappa shape index (κ1) is 15.0. The minimum absolute atomic E-state index is 0.550. The molecule has 1 N–H and O–H groups in total. The topological polar surface area (TPSA) is 46.6 Å². The van der Waals surface area contributed by atoms with Crippen molar-refractivity contribution in [2.75, 3.05) is 31.2 Å². The van der Waals surface area contributed by atoms with Crippen LogP contribution in [-0.4, -0.2) is 31.3 Å². The standard InChI is InChI=1S/C17H21N3O2/c1-3-17(20-9-11-21-12-10-20)4-2-16(1)14-22-19-13-15-5-7-18-8-6-15/h1-8,19H,9-14H2. The fraction of sp³-hybridized carbons (Fsp3) is 0.353. The summed E-state index contributed by atoms with van der Waals surface area (Å²) < 4.78 is 5.37. The summed E-state index contributed by atoms with van der Waals surface area (Å²) >= 11 is 0. The molecule has 0 radical (unpaired) electrons. The lowest BCUT2D eigenvalue weighted by Gasteiger charge is -2.28. The predicted molar refractivity (Wildman–Crippen MR) is 85.3 cm³/mol. The second kappa shape index (κ2) is 7.89. The molecule has 0 aliphatic carbocycles. The first-order chi connectivity index (χ1) is 10.9. The number of hydrogen-bond donors (Lipinski definition) is 1. The van der Waals surface area contributed by atoms with Crippen LogP contribution >= 0.6 is 0 Å². The van der Waals surface area contributed by atoms with Crippen LogP contribution in [0.2, 0.25) is 0 Å². The average Bonchev–Trinajstić information content (AvgIpc) is 2.61. The first-order valence-electron chi connectivity index (χ1n) is 7.57. The van der Waals surface area contributed by atoms with E-state index in [1.54, 1.807) is 12.4 Å². The van der Waals surface area contributed by atoms with E-state index in [0.29, 0.717) is 13.2 Å². The van der Waals surface area contributed by atoms with E-state index in [-0.39, 0.29) is 0 Å². The Morgan fingerprint density at radius 1 is 1.00 bits per heavy atom. The Kier molecular flexibility index (Phi) is 5.37. The van der Waals surface area contributed by atoms with Gasteiger partial charge in [0.2, 0.25) is 0 Å². The fourth-order valence-corrected chi connectivity index (χ4v) is 2.39. The summed E-state index contributed by atoms with van der Waals surface area (Å²) in [6.45, 7) is 4.77. The van der Waals surface area contributed by atoms with Crippen LogP contribution in [0.4, 0.5) is 5.69 Å². The van der Waals surface area contributed by atoms with Crippen molar-refractivity contribution in [1.29, 1.82) is 0 Å². The lowest BCUT2D eigenvalue weighted by molar-refractivity contribution is 0.0235. The Morgan fingerprint density at radius 3 is 2.45 bits per heavy atom. The van der Waals surface area contributed by atoms with Crippen LogP contribution in [0.25, 0.3) is 0 Å². The Bertz CT molecular complexity index is 554. The molecular weight excluding hydrogens is 278 g/mol. The normalized spacial score (nSPS) is 15.0. The number of ether oxygens (including phenoxy) is 1. The third-order valence-corrected chi connectivity index (χ3v) is 3.68. The molecule has 2 heterocycles. The Labute approximate surface area is 130 Å². The summed E-state index contributed by atoms with van der Waals surface area (Å²) in [7, 11) is 0. The zero-order valence-corrected chi connectivity index (χ0v) is 12.6. The van der Waals surface area contributed by atoms with E-state index < -0.39 is 0 Å². The molecular formula is C17H21N3O2. The average molecular weight is 299 g/mol. The number of benzene rings is 1. The Morgan fingerprint density at radius 2 is 1.73 bits per heavy atom. The molecule has 1 aliphatic rings. The van der Waals surface area contributed by atoms with Gasteiger partial charge in [-0.2, -0.15) is 5.48 Å². The molecule has 0 amide bonds. The minimum atomic E-state index is 0.550. The zero-order valence-electron chi connectivity index (χ0n) is 12.6. The van der Waals surface area contributed by atoms with Crippen molar-refractivity contribution in [2.24, 2.45) is 0 Å². The second-order valence-corrected chi connectivity index (χ2v) is 5.23. The van der Waals surface area contributed by atoms with Gasteiger partial charge in [0.25, 0.3) is 0 Å². The van der Waals surface area contributed by atoms with Crippen molar-refractivity contribution in [3.63, 3.8) is 0 Å². The van der Waals surface area contributed by atoms with Crippen LogP contribution in [0.3, 0.4) is 0 Å². The van der Waals surface area contributed by atoms with E-state index >= 15 is 0 Å². The highest BCUT2D eigenvalue weighted by Crippen LogP contribution is 2.16. The Balaban J connectivity index is 1.43. The molecule has 0 saturated carbocycles. The quantitative estimate of drug-likeness (QED) is 0.654. The molecule has 0 atom stereocenters. The van der Waals surface area contributed by atoms with Crippen molar-refractivity contribution in [2.45, 2.75) is 13.2 Å². The molecule has 5 heteroatoms. The van der Waals surface area contributed by atoms with E-state index in [1.807, 2.05) is 12.1 Å². The summed E-state index contributed by atoms with van der Waals surface area (Å²) in [5.74, 6) is 0. The van der Waals surface area contributed by atoms with Gasteiger partial charge in [-0.3, -0.25) is 9.82 Å². The van der Waals surface area contributed by atoms with Crippen LogP contribution in [-0.2, 0) is 22.7 Å². The molecule has 1 saturated heterocycles. The molecule has 5 nitrogen and oxygen atoms in total. The summed E-state index contributed by atoms with van der Waals surface area (Å²) in [5, 5.41) is 0. The van der Waals surface area contributed by atoms with Crippen LogP contribution in [0.15, 0.2) is 48.8 Å². The van der Waals surface area contributed by atoms with Crippen LogP contribution < -0.4 is 10.4 Å². The molecule has 0 spiro atoms. The van der Waals surface area contributed by atoms with Gasteiger partial charge in [-0.05, 0) is 35.4 Å². The summed E-state index contributed by atoms with van der Waals surface area (Å²) in [4.78, 5) is 11.8. The molecule has 116 valence electrons. The van der Waals surface area contributed by atoms with Gasteiger partial charge in [0.1, 0.15) is 0 Å². The van der Waals surface area contributed by atoms with Crippen molar-refractivity contribution < 1.29 is 9.57 Å². The number of nitrogens with zero attached hydrogens (tertiary/aromatic N) is 2. The number of hydrogen-bond acceptors (Lipinski definition) is 5. The van der Waals surface area contributed by atoms with Gasteiger partial charge < -0.3 is 9.64 Å². The molecule has 1 fully saturated rings. The lowest BCUT2D eigenvalue weighted by atomic mass is 10.2. The van der Waals surface area contributed by atoms with Gasteiger partial charge in [0.15, 0.2) is 0 Å². The molecule has 3 rings (SSSR count). The number of anilines is 1. The largest absolute Gasteiger partial charge is 0.378 e. The van der Waals surface area contributed by atoms with Crippen molar-refractivity contribution in [3.05, 3.63) is 59.9 Å². The third kappa shape index (κ3) is 4.27. The van der Waals surface area contributed by atoms with Crippen LogP contribution in [0.5, 0.6) is 0 Å². The van der Waals surface area contributed by atoms with Gasteiger partial charge in [-0.25, -0.2) is 0 Å². The van der Waals surface area contributed by atoms with Gasteiger partial charge in [-0.1, -0.05) is 12.1 Å². The molecule has 0 bridgehead atoms. The number of nitrogens with one attached hydrogen (secondary N) is 1. The molecule has 1 aromatic carbocycles. The van der Waals surface area contributed by atoms with E-state index in [4.69, 9.17) is 9.57 Å². The third-order valence-electron chi connectivity index (χ3n) is 3.68. The SMILES string of the molecule is c1cc(CNOCc2ccc(N3CCOCC3)cc2)ccn1. The van der Waals surface area contributed by atoms with E-state index in [2.05, 4.69) is 39.6 Å². The highest BCUT2D eigenvalue weighted by atomic mass is 16.6. The maximum atomic E-state index is 5.50. The zero-order chi connectivity index (χ0) is 15.0. The number of morpholine rings is 1. The number of rotatable bonds is 6. The van der Waals surface area contributed by atoms with E-state index in [1.165, 1.54) is 5.69 Å². The summed E-state index contributed by atoms with van der Waals surface area (Å²) in [6.07, 6.45) is 3.56. The lowest BCUT2D eigenvalue weighted by Crippen LogP contribution is -2.36. The predicted octanol–water partition coefficient (Wildman–Crippen LogP) is 2.14. The highest BCUT2D eigenvalue weighted by Gasteiger charge is 2.10. The Hall–Kier alpha value is -1.95. The first-order valence-corrected chi connectivity index (χ1v) is 7.57. The molecule has 1 aliphatic heterocycles. The highest BCUT2D eigenvalue weighted by molar-refractivity contribution is 5.47. The summed E-state index contributed by atoms with van der Waals surface area (Å²) in [5.41, 5.74) is 6.52. The number of aromatic nitrogens is 1. The van der Waals surface area contributed by atoms with Gasteiger partial charge in [0, 0.05) is 37.7 Å².